The summed E-state index contributed by atoms with van der Waals surface area (Å²) in [5, 5.41) is 12.1. The third kappa shape index (κ3) is 7.64. The van der Waals surface area contributed by atoms with Gasteiger partial charge in [-0.2, -0.15) is 0 Å². The number of ether oxygens (including phenoxy) is 1. The molecule has 0 saturated carbocycles. The molecule has 0 spiro atoms. The van der Waals surface area contributed by atoms with E-state index < -0.39 is 9.84 Å². The highest BCUT2D eigenvalue weighted by atomic mass is 35.5. The zero-order valence-corrected chi connectivity index (χ0v) is 30.8. The van der Waals surface area contributed by atoms with Crippen molar-refractivity contribution in [2.24, 2.45) is 7.05 Å². The van der Waals surface area contributed by atoms with Crippen LogP contribution in [0.2, 0.25) is 10.0 Å². The molecular weight excluding hydrogens is 707 g/mol. The molecule has 2 aromatic carbocycles. The maximum atomic E-state index is 11.8. The molecule has 13 heteroatoms. The lowest BCUT2D eigenvalue weighted by Crippen LogP contribution is -2.37. The van der Waals surface area contributed by atoms with E-state index in [9.17, 15) is 13.2 Å². The molecule has 1 atom stereocenters. The van der Waals surface area contributed by atoms with Gasteiger partial charge in [0.2, 0.25) is 11.8 Å². The monoisotopic (exact) mass is 746 g/mol. The molecule has 5 heterocycles. The van der Waals surface area contributed by atoms with Crippen LogP contribution in [0.15, 0.2) is 67.0 Å². The summed E-state index contributed by atoms with van der Waals surface area (Å²) in [6.45, 7) is 1.88. The molecule has 2 aliphatic heterocycles. The molecular formula is C38H40Cl2N6O4S. The number of nitrogens with zero attached hydrogens (tertiary/aromatic N) is 3. The molecule has 51 heavy (non-hydrogen) atoms. The van der Waals surface area contributed by atoms with Gasteiger partial charge in [0.25, 0.3) is 0 Å². The first-order valence-electron chi connectivity index (χ1n) is 17.1. The Hall–Kier alpha value is -4.00. The minimum Gasteiger partial charge on any atom is -0.481 e. The first kappa shape index (κ1) is 35.4. The Morgan fingerprint density at radius 2 is 1.75 bits per heavy atom. The van der Waals surface area contributed by atoms with Crippen molar-refractivity contribution in [2.75, 3.05) is 25.2 Å². The number of benzene rings is 2. The van der Waals surface area contributed by atoms with Gasteiger partial charge < -0.3 is 25.3 Å². The van der Waals surface area contributed by atoms with E-state index in [2.05, 4.69) is 43.8 Å². The Bertz CT molecular complexity index is 2210. The number of amides is 1. The van der Waals surface area contributed by atoms with Gasteiger partial charge in [-0.3, -0.25) is 9.78 Å². The van der Waals surface area contributed by atoms with Gasteiger partial charge in [0.1, 0.15) is 9.84 Å². The van der Waals surface area contributed by atoms with Gasteiger partial charge in [-0.05, 0) is 43.0 Å². The highest BCUT2D eigenvalue weighted by molar-refractivity contribution is 7.91. The van der Waals surface area contributed by atoms with Crippen molar-refractivity contribution in [3.05, 3.63) is 88.2 Å². The third-order valence-electron chi connectivity index (χ3n) is 9.86. The lowest BCUT2D eigenvalue weighted by atomic mass is 9.99. The molecule has 266 valence electrons. The molecule has 5 aromatic rings. The first-order valence-corrected chi connectivity index (χ1v) is 19.7. The molecule has 3 aromatic heterocycles. The lowest BCUT2D eigenvalue weighted by molar-refractivity contribution is -0.119. The molecule has 2 aliphatic rings. The summed E-state index contributed by atoms with van der Waals surface area (Å²) in [6.07, 6.45) is 6.54. The molecule has 0 aliphatic carbocycles. The summed E-state index contributed by atoms with van der Waals surface area (Å²) in [6, 6.07) is 18.1. The predicted molar refractivity (Wildman–Crippen MR) is 203 cm³/mol. The Morgan fingerprint density at radius 1 is 0.961 bits per heavy atom. The van der Waals surface area contributed by atoms with Crippen molar-refractivity contribution in [1.29, 1.82) is 0 Å². The topological polar surface area (TPSA) is 127 Å². The maximum Gasteiger partial charge on any atom is 0.220 e. The number of hydrogen-bond donors (Lipinski definition) is 3. The number of carbonyl (C=O) groups is 1. The normalized spacial score (nSPS) is 17.6. The first-order chi connectivity index (χ1) is 24.6. The number of aromatic nitrogens is 3. The van der Waals surface area contributed by atoms with Crippen LogP contribution in [-0.2, 0) is 34.8 Å². The van der Waals surface area contributed by atoms with Crippen molar-refractivity contribution in [1.82, 2.24) is 30.5 Å². The highest BCUT2D eigenvalue weighted by Gasteiger charge is 2.24. The fourth-order valence-electron chi connectivity index (χ4n) is 7.04. The molecule has 2 saturated heterocycles. The van der Waals surface area contributed by atoms with E-state index in [1.807, 2.05) is 49.5 Å². The largest absolute Gasteiger partial charge is 0.481 e. The van der Waals surface area contributed by atoms with Crippen LogP contribution in [-0.4, -0.2) is 66.1 Å². The number of methoxy groups -OCH3 is 1. The van der Waals surface area contributed by atoms with Crippen molar-refractivity contribution in [3.8, 4) is 39.5 Å². The Kier molecular flexibility index (Phi) is 10.4. The molecule has 0 bridgehead atoms. The van der Waals surface area contributed by atoms with Gasteiger partial charge in [-0.25, -0.2) is 13.4 Å². The van der Waals surface area contributed by atoms with Crippen LogP contribution in [0.5, 0.6) is 5.88 Å². The zero-order chi connectivity index (χ0) is 35.7. The number of aryl methyl sites for hydroxylation is 1. The number of carbonyl (C=O) groups excluding carboxylic acids is 1. The zero-order valence-electron chi connectivity index (χ0n) is 28.5. The Labute approximate surface area is 307 Å². The average molecular weight is 748 g/mol. The van der Waals surface area contributed by atoms with E-state index in [4.69, 9.17) is 32.9 Å². The summed E-state index contributed by atoms with van der Waals surface area (Å²) in [5.41, 5.74) is 7.56. The van der Waals surface area contributed by atoms with Crippen LogP contribution in [0, 0.1) is 0 Å². The summed E-state index contributed by atoms with van der Waals surface area (Å²) < 4.78 is 31.4. The number of rotatable bonds is 11. The van der Waals surface area contributed by atoms with Gasteiger partial charge >= 0.3 is 0 Å². The van der Waals surface area contributed by atoms with E-state index in [1.54, 1.807) is 13.3 Å². The van der Waals surface area contributed by atoms with E-state index in [-0.39, 0.29) is 29.5 Å². The molecule has 0 unspecified atom stereocenters. The number of pyridine rings is 2. The van der Waals surface area contributed by atoms with E-state index in [0.29, 0.717) is 66.2 Å². The van der Waals surface area contributed by atoms with Gasteiger partial charge in [0, 0.05) is 96.3 Å². The molecule has 10 nitrogen and oxygen atoms in total. The van der Waals surface area contributed by atoms with E-state index >= 15 is 0 Å². The number of sulfone groups is 1. The van der Waals surface area contributed by atoms with Gasteiger partial charge in [-0.1, -0.05) is 59.6 Å². The van der Waals surface area contributed by atoms with Crippen molar-refractivity contribution in [3.63, 3.8) is 0 Å². The standard InChI is InChI=1S/C38H40Cl2N6O4S/c1-46-22-25(20-43-26-13-16-51(48,49)17-14-26)28-9-6-23(18-33(28)46)37-36(40)30(12-15-42-37)29-4-3-5-31(35(29)39)32-10-7-24(38(45-32)50-2)19-41-21-27-8-11-34(47)44-27/h3-7,9-10,12,15,18,22,26-27,41,43H,8,11,13-14,16-17,19-21H2,1-2H3,(H,44,47)/t27-/m0/s1. The average Bonchev–Trinajstić information content (AvgIpc) is 3.69. The number of nitrogens with one attached hydrogen (secondary N) is 3. The Morgan fingerprint density at radius 3 is 2.51 bits per heavy atom. The van der Waals surface area contributed by atoms with Crippen LogP contribution in [0.3, 0.4) is 0 Å². The van der Waals surface area contributed by atoms with Crippen LogP contribution >= 0.6 is 23.2 Å². The molecule has 3 N–H and O–H groups in total. The number of halogens is 2. The van der Waals surface area contributed by atoms with Crippen LogP contribution < -0.4 is 20.7 Å². The second-order valence-corrected chi connectivity index (χ2v) is 16.4. The second kappa shape index (κ2) is 14.9. The van der Waals surface area contributed by atoms with Crippen molar-refractivity contribution >= 4 is 49.8 Å². The number of hydrogen-bond acceptors (Lipinski definition) is 8. The smallest absolute Gasteiger partial charge is 0.220 e. The minimum absolute atomic E-state index is 0.0973. The molecule has 0 radical (unpaired) electrons. The summed E-state index contributed by atoms with van der Waals surface area (Å²) in [4.78, 5) is 21.0. The number of fused-ring (bicyclic) bond motifs is 1. The minimum atomic E-state index is -2.90. The van der Waals surface area contributed by atoms with Crippen LogP contribution in [0.25, 0.3) is 44.5 Å². The summed E-state index contributed by atoms with van der Waals surface area (Å²) >= 11 is 14.2. The van der Waals surface area contributed by atoms with Crippen LogP contribution in [0.1, 0.15) is 36.8 Å². The summed E-state index contributed by atoms with van der Waals surface area (Å²) in [5.74, 6) is 1.08. The fourth-order valence-corrected chi connectivity index (χ4v) is 9.18. The maximum absolute atomic E-state index is 11.8. The highest BCUT2D eigenvalue weighted by Crippen LogP contribution is 2.42. The summed E-state index contributed by atoms with van der Waals surface area (Å²) in [7, 11) is 0.717. The Balaban J connectivity index is 1.11. The van der Waals surface area contributed by atoms with Gasteiger partial charge in [-0.15, -0.1) is 0 Å². The van der Waals surface area contributed by atoms with Gasteiger partial charge in [0.05, 0.1) is 40.0 Å². The van der Waals surface area contributed by atoms with Gasteiger partial charge in [0.15, 0.2) is 0 Å². The van der Waals surface area contributed by atoms with Crippen LogP contribution in [0.4, 0.5) is 0 Å². The predicted octanol–water partition coefficient (Wildman–Crippen LogP) is 6.32. The van der Waals surface area contributed by atoms with E-state index in [0.717, 1.165) is 50.7 Å². The molecule has 1 amide bonds. The molecule has 2 fully saturated rings. The second-order valence-electron chi connectivity index (χ2n) is 13.3. The third-order valence-corrected chi connectivity index (χ3v) is 12.4. The molecule has 7 rings (SSSR count). The fraction of sp³-hybridized carbons (Fsp3) is 0.342. The van der Waals surface area contributed by atoms with E-state index in [1.165, 1.54) is 0 Å². The van der Waals surface area contributed by atoms with Crippen molar-refractivity contribution < 1.29 is 17.9 Å². The van der Waals surface area contributed by atoms with Crippen molar-refractivity contribution in [2.45, 2.75) is 50.9 Å². The quantitative estimate of drug-likeness (QED) is 0.143. The lowest BCUT2D eigenvalue weighted by Gasteiger charge is -2.23. The SMILES string of the molecule is COc1nc(-c2cccc(-c3ccnc(-c4ccc5c(CNC6CCS(=O)(=O)CC6)cn(C)c5c4)c3Cl)c2Cl)ccc1CNC[C@@H]1CCC(=O)N1.